The average molecular weight is 244 g/mol. The largest absolute Gasteiger partial charge is 0.480 e. The van der Waals surface area contributed by atoms with Crippen molar-refractivity contribution in [1.82, 2.24) is 10.2 Å². The summed E-state index contributed by atoms with van der Waals surface area (Å²) in [5.74, 6) is -0.757. The van der Waals surface area contributed by atoms with Crippen molar-refractivity contribution in [3.63, 3.8) is 0 Å². The van der Waals surface area contributed by atoms with Gasteiger partial charge >= 0.3 is 5.97 Å². The maximum Gasteiger partial charge on any atom is 0.323 e. The molecule has 0 aromatic heterocycles. The zero-order valence-corrected chi connectivity index (χ0v) is 11.9. The first kappa shape index (κ1) is 16.4. The van der Waals surface area contributed by atoms with Gasteiger partial charge < -0.3 is 15.3 Å². The zero-order chi connectivity index (χ0) is 13.5. The number of nitrogens with zero attached hydrogens (tertiary/aromatic N) is 1. The molecule has 2 N–H and O–H groups in total. The molecule has 0 rings (SSSR count). The number of carbonyl (C=O) groups is 1. The van der Waals surface area contributed by atoms with Crippen molar-refractivity contribution < 1.29 is 9.90 Å². The van der Waals surface area contributed by atoms with E-state index in [1.165, 1.54) is 0 Å². The smallest absolute Gasteiger partial charge is 0.323 e. The first-order valence-electron chi connectivity index (χ1n) is 6.59. The summed E-state index contributed by atoms with van der Waals surface area (Å²) in [7, 11) is 0. The first-order valence-corrected chi connectivity index (χ1v) is 6.59. The molecule has 0 aliphatic rings. The molecular formula is C13H28N2O2. The van der Waals surface area contributed by atoms with Crippen LogP contribution in [0.25, 0.3) is 0 Å². The molecule has 0 spiro atoms. The number of aliphatic carboxylic acids is 1. The van der Waals surface area contributed by atoms with Crippen molar-refractivity contribution in [2.45, 2.75) is 59.0 Å². The van der Waals surface area contributed by atoms with Crippen LogP contribution in [-0.2, 0) is 4.79 Å². The molecule has 0 saturated heterocycles. The van der Waals surface area contributed by atoms with Gasteiger partial charge in [0.1, 0.15) is 5.54 Å². The molecule has 102 valence electrons. The molecule has 1 unspecified atom stereocenters. The van der Waals surface area contributed by atoms with Gasteiger partial charge in [-0.25, -0.2) is 0 Å². The predicted octanol–water partition coefficient (Wildman–Crippen LogP) is 1.95. The summed E-state index contributed by atoms with van der Waals surface area (Å²) in [6.45, 7) is 12.8. The van der Waals surface area contributed by atoms with Crippen LogP contribution in [-0.4, -0.2) is 47.2 Å². The van der Waals surface area contributed by atoms with E-state index in [-0.39, 0.29) is 0 Å². The van der Waals surface area contributed by atoms with Crippen LogP contribution in [0.2, 0.25) is 0 Å². The normalized spacial score (nSPS) is 15.2. The van der Waals surface area contributed by atoms with E-state index in [1.807, 2.05) is 6.92 Å². The fourth-order valence-corrected chi connectivity index (χ4v) is 2.08. The Balaban J connectivity index is 4.19. The van der Waals surface area contributed by atoms with Crippen molar-refractivity contribution in [2.24, 2.45) is 0 Å². The van der Waals surface area contributed by atoms with Gasteiger partial charge in [-0.05, 0) is 53.2 Å². The summed E-state index contributed by atoms with van der Waals surface area (Å²) in [6.07, 6.45) is 1.57. The Bertz CT molecular complexity index is 231. The number of nitrogens with one attached hydrogen (secondary N) is 1. The zero-order valence-electron chi connectivity index (χ0n) is 11.9. The molecule has 1 atom stereocenters. The van der Waals surface area contributed by atoms with Gasteiger partial charge in [-0.1, -0.05) is 13.8 Å². The number of carboxylic acids is 1. The highest BCUT2D eigenvalue weighted by molar-refractivity contribution is 5.78. The molecule has 0 amide bonds. The van der Waals surface area contributed by atoms with Crippen molar-refractivity contribution in [1.29, 1.82) is 0 Å². The van der Waals surface area contributed by atoms with Gasteiger partial charge in [0.25, 0.3) is 0 Å². The fraction of sp³-hybridized carbons (Fsp3) is 0.923. The van der Waals surface area contributed by atoms with Crippen LogP contribution in [0.15, 0.2) is 0 Å². The molecule has 0 aromatic rings. The second-order valence-electron chi connectivity index (χ2n) is 4.99. The molecule has 0 radical (unpaired) electrons. The summed E-state index contributed by atoms with van der Waals surface area (Å²) in [6, 6.07) is 0.523. The Labute approximate surface area is 105 Å². The van der Waals surface area contributed by atoms with E-state index in [0.717, 1.165) is 19.5 Å². The maximum absolute atomic E-state index is 11.2. The van der Waals surface area contributed by atoms with E-state index in [1.54, 1.807) is 6.92 Å². The van der Waals surface area contributed by atoms with Gasteiger partial charge in [0.2, 0.25) is 0 Å². The summed E-state index contributed by atoms with van der Waals surface area (Å²) in [5, 5.41) is 12.3. The van der Waals surface area contributed by atoms with Crippen molar-refractivity contribution in [3.05, 3.63) is 0 Å². The molecule has 17 heavy (non-hydrogen) atoms. The molecule has 0 aromatic carbocycles. The van der Waals surface area contributed by atoms with Gasteiger partial charge in [-0.2, -0.15) is 0 Å². The molecule has 0 saturated carbocycles. The van der Waals surface area contributed by atoms with Crippen LogP contribution >= 0.6 is 0 Å². The van der Waals surface area contributed by atoms with Gasteiger partial charge in [0.15, 0.2) is 0 Å². The SMILES string of the molecule is CCNC(C)(CCCN(CC)C(C)C)C(=O)O. The van der Waals surface area contributed by atoms with E-state index >= 15 is 0 Å². The minimum atomic E-state index is -0.787. The molecule has 0 bridgehead atoms. The highest BCUT2D eigenvalue weighted by Crippen LogP contribution is 2.14. The first-order chi connectivity index (χ1) is 7.87. The lowest BCUT2D eigenvalue weighted by molar-refractivity contribution is -0.144. The minimum absolute atomic E-state index is 0.523. The molecular weight excluding hydrogens is 216 g/mol. The van der Waals surface area contributed by atoms with Gasteiger partial charge in [0, 0.05) is 6.04 Å². The lowest BCUT2D eigenvalue weighted by atomic mass is 9.95. The van der Waals surface area contributed by atoms with Crippen LogP contribution in [0, 0.1) is 0 Å². The van der Waals surface area contributed by atoms with Crippen molar-refractivity contribution in [2.75, 3.05) is 19.6 Å². The highest BCUT2D eigenvalue weighted by Gasteiger charge is 2.31. The third-order valence-electron chi connectivity index (χ3n) is 3.30. The number of rotatable bonds is 9. The Morgan fingerprint density at radius 3 is 2.35 bits per heavy atom. The van der Waals surface area contributed by atoms with Gasteiger partial charge in [-0.3, -0.25) is 4.79 Å². The summed E-state index contributed by atoms with van der Waals surface area (Å²) in [5.41, 5.74) is -0.787. The highest BCUT2D eigenvalue weighted by atomic mass is 16.4. The average Bonchev–Trinajstić information content (AvgIpc) is 2.24. The molecule has 0 heterocycles. The van der Waals surface area contributed by atoms with Crippen LogP contribution in [0.4, 0.5) is 0 Å². The van der Waals surface area contributed by atoms with Crippen LogP contribution in [0.3, 0.4) is 0 Å². The molecule has 0 fully saturated rings. The Kier molecular flexibility index (Phi) is 7.39. The predicted molar refractivity (Wildman–Crippen MR) is 71.3 cm³/mol. The number of carboxylic acid groups (broad SMARTS) is 1. The van der Waals surface area contributed by atoms with Gasteiger partial charge in [0.05, 0.1) is 0 Å². The third kappa shape index (κ3) is 5.50. The van der Waals surface area contributed by atoms with Crippen LogP contribution in [0.1, 0.15) is 47.5 Å². The fourth-order valence-electron chi connectivity index (χ4n) is 2.08. The Morgan fingerprint density at radius 2 is 2.00 bits per heavy atom. The van der Waals surface area contributed by atoms with E-state index in [4.69, 9.17) is 0 Å². The number of likely N-dealkylation sites (N-methyl/N-ethyl adjacent to an activating group) is 1. The van der Waals surface area contributed by atoms with Crippen LogP contribution in [0.5, 0.6) is 0 Å². The number of hydrogen-bond donors (Lipinski definition) is 2. The Hall–Kier alpha value is -0.610. The second-order valence-corrected chi connectivity index (χ2v) is 4.99. The lowest BCUT2D eigenvalue weighted by Crippen LogP contribution is -2.49. The maximum atomic E-state index is 11.2. The summed E-state index contributed by atoms with van der Waals surface area (Å²) in [4.78, 5) is 13.6. The van der Waals surface area contributed by atoms with Gasteiger partial charge in [-0.15, -0.1) is 0 Å². The third-order valence-corrected chi connectivity index (χ3v) is 3.30. The standard InChI is InChI=1S/C13H28N2O2/c1-6-14-13(5,12(16)17)9-8-10-15(7-2)11(3)4/h11,14H,6-10H2,1-5H3,(H,16,17). The van der Waals surface area contributed by atoms with E-state index in [9.17, 15) is 9.90 Å². The molecule has 0 aliphatic heterocycles. The van der Waals surface area contributed by atoms with Crippen molar-refractivity contribution in [3.8, 4) is 0 Å². The Morgan fingerprint density at radius 1 is 1.41 bits per heavy atom. The van der Waals surface area contributed by atoms with E-state index < -0.39 is 11.5 Å². The number of hydrogen-bond acceptors (Lipinski definition) is 3. The summed E-state index contributed by atoms with van der Waals surface area (Å²) >= 11 is 0. The molecule has 4 nitrogen and oxygen atoms in total. The monoisotopic (exact) mass is 244 g/mol. The molecule has 4 heteroatoms. The quantitative estimate of drug-likeness (QED) is 0.651. The van der Waals surface area contributed by atoms with Crippen LogP contribution < -0.4 is 5.32 Å². The molecule has 0 aliphatic carbocycles. The van der Waals surface area contributed by atoms with E-state index in [0.29, 0.717) is 19.0 Å². The van der Waals surface area contributed by atoms with Crippen molar-refractivity contribution >= 4 is 5.97 Å². The second kappa shape index (κ2) is 7.67. The van der Waals surface area contributed by atoms with E-state index in [2.05, 4.69) is 31.0 Å². The minimum Gasteiger partial charge on any atom is -0.480 e. The lowest BCUT2D eigenvalue weighted by Gasteiger charge is -2.29. The topological polar surface area (TPSA) is 52.6 Å². The summed E-state index contributed by atoms with van der Waals surface area (Å²) < 4.78 is 0.